The minimum absolute atomic E-state index is 0.308. The van der Waals surface area contributed by atoms with Crippen molar-refractivity contribution < 1.29 is 4.74 Å². The first-order chi connectivity index (χ1) is 8.61. The molecule has 1 unspecified atom stereocenters. The lowest BCUT2D eigenvalue weighted by molar-refractivity contribution is 0.126. The predicted octanol–water partition coefficient (Wildman–Crippen LogP) is 3.72. The summed E-state index contributed by atoms with van der Waals surface area (Å²) in [4.78, 5) is 0. The van der Waals surface area contributed by atoms with E-state index in [1.54, 1.807) is 11.3 Å². The van der Waals surface area contributed by atoms with Crippen molar-refractivity contribution in [2.75, 3.05) is 6.54 Å². The van der Waals surface area contributed by atoms with Crippen LogP contribution in [0.15, 0.2) is 29.0 Å². The van der Waals surface area contributed by atoms with Gasteiger partial charge in [0.2, 0.25) is 0 Å². The van der Waals surface area contributed by atoms with Crippen LogP contribution in [0.2, 0.25) is 5.02 Å². The molecule has 2 N–H and O–H groups in total. The average Bonchev–Trinajstić information content (AvgIpc) is 2.95. The second-order valence-electron chi connectivity index (χ2n) is 4.89. The van der Waals surface area contributed by atoms with Crippen LogP contribution in [0.5, 0.6) is 5.75 Å². The minimum atomic E-state index is -0.308. The summed E-state index contributed by atoms with van der Waals surface area (Å²) in [5.74, 6) is 0.936. The Morgan fingerprint density at radius 2 is 2.33 bits per heavy atom. The van der Waals surface area contributed by atoms with Gasteiger partial charge in [0.1, 0.15) is 11.4 Å². The second-order valence-corrected chi connectivity index (χ2v) is 6.10. The normalized spacial score (nSPS) is 21.7. The van der Waals surface area contributed by atoms with Gasteiger partial charge in [-0.3, -0.25) is 0 Å². The number of ether oxygens (including phenoxy) is 1. The summed E-state index contributed by atoms with van der Waals surface area (Å²) in [6, 6.07) is 6.02. The summed E-state index contributed by atoms with van der Waals surface area (Å²) in [6.07, 6.45) is 0.816. The van der Waals surface area contributed by atoms with Gasteiger partial charge >= 0.3 is 0 Å². The number of fused-ring (bicyclic) bond motifs is 1. The molecule has 0 saturated carbocycles. The van der Waals surface area contributed by atoms with Gasteiger partial charge in [0.25, 0.3) is 0 Å². The van der Waals surface area contributed by atoms with E-state index in [0.29, 0.717) is 6.54 Å². The van der Waals surface area contributed by atoms with Gasteiger partial charge in [-0.25, -0.2) is 0 Å². The molecule has 0 radical (unpaired) electrons. The molecule has 3 rings (SSSR count). The van der Waals surface area contributed by atoms with Gasteiger partial charge in [-0.15, -0.1) is 0 Å². The summed E-state index contributed by atoms with van der Waals surface area (Å²) < 4.78 is 6.07. The van der Waals surface area contributed by atoms with E-state index in [9.17, 15) is 0 Å². The lowest BCUT2D eigenvalue weighted by Crippen LogP contribution is -2.38. The van der Waals surface area contributed by atoms with E-state index in [1.165, 1.54) is 0 Å². The number of benzene rings is 1. The largest absolute Gasteiger partial charge is 0.485 e. The highest BCUT2D eigenvalue weighted by Crippen LogP contribution is 2.44. The molecule has 0 amide bonds. The summed E-state index contributed by atoms with van der Waals surface area (Å²) in [7, 11) is 0. The smallest absolute Gasteiger partial charge is 0.131 e. The van der Waals surface area contributed by atoms with Crippen LogP contribution in [0.1, 0.15) is 12.5 Å². The standard InChI is InChI=1S/C14H14ClNOS/c1-14(8-16)6-10-4-11(15)5-12(13(10)17-14)9-2-3-18-7-9/h2-5,7H,6,8,16H2,1H3. The summed E-state index contributed by atoms with van der Waals surface area (Å²) in [5, 5.41) is 4.91. The van der Waals surface area contributed by atoms with Crippen molar-refractivity contribution in [2.45, 2.75) is 18.9 Å². The number of hydrogen-bond acceptors (Lipinski definition) is 3. The third-order valence-corrected chi connectivity index (χ3v) is 4.21. The van der Waals surface area contributed by atoms with E-state index in [2.05, 4.69) is 16.8 Å². The van der Waals surface area contributed by atoms with Crippen LogP contribution in [-0.2, 0) is 6.42 Å². The first kappa shape index (κ1) is 12.0. The lowest BCUT2D eigenvalue weighted by atomic mass is 9.97. The molecule has 1 atom stereocenters. The molecule has 1 aromatic carbocycles. The third-order valence-electron chi connectivity index (χ3n) is 3.31. The van der Waals surface area contributed by atoms with E-state index in [-0.39, 0.29) is 5.60 Å². The maximum Gasteiger partial charge on any atom is 0.131 e. The molecular formula is C14H14ClNOS. The van der Waals surface area contributed by atoms with Gasteiger partial charge in [-0.1, -0.05) is 11.6 Å². The zero-order valence-corrected chi connectivity index (χ0v) is 11.6. The van der Waals surface area contributed by atoms with Gasteiger partial charge in [0, 0.05) is 29.1 Å². The van der Waals surface area contributed by atoms with Crippen molar-refractivity contribution in [1.29, 1.82) is 0 Å². The Balaban J connectivity index is 2.14. The van der Waals surface area contributed by atoms with Crippen LogP contribution in [0, 0.1) is 0 Å². The van der Waals surface area contributed by atoms with Crippen molar-refractivity contribution in [3.8, 4) is 16.9 Å². The lowest BCUT2D eigenvalue weighted by Gasteiger charge is -2.21. The fourth-order valence-corrected chi connectivity index (χ4v) is 3.23. The Morgan fingerprint density at radius 3 is 3.00 bits per heavy atom. The Bertz CT molecular complexity index is 582. The highest BCUT2D eigenvalue weighted by atomic mass is 35.5. The van der Waals surface area contributed by atoms with Gasteiger partial charge in [0.15, 0.2) is 0 Å². The minimum Gasteiger partial charge on any atom is -0.485 e. The van der Waals surface area contributed by atoms with Gasteiger partial charge in [-0.05, 0) is 41.4 Å². The van der Waals surface area contributed by atoms with Gasteiger partial charge in [-0.2, -0.15) is 11.3 Å². The molecule has 0 bridgehead atoms. The Hall–Kier alpha value is -1.03. The molecular weight excluding hydrogens is 266 g/mol. The molecule has 0 saturated heterocycles. The van der Waals surface area contributed by atoms with Crippen molar-refractivity contribution in [1.82, 2.24) is 0 Å². The van der Waals surface area contributed by atoms with Crippen LogP contribution >= 0.6 is 22.9 Å². The highest BCUT2D eigenvalue weighted by Gasteiger charge is 2.35. The molecule has 0 fully saturated rings. The molecule has 2 heterocycles. The average molecular weight is 280 g/mol. The summed E-state index contributed by atoms with van der Waals surface area (Å²) in [5.41, 5.74) is 8.86. The predicted molar refractivity (Wildman–Crippen MR) is 76.6 cm³/mol. The van der Waals surface area contributed by atoms with Crippen molar-refractivity contribution >= 4 is 22.9 Å². The monoisotopic (exact) mass is 279 g/mol. The van der Waals surface area contributed by atoms with Crippen LogP contribution in [0.25, 0.3) is 11.1 Å². The summed E-state index contributed by atoms with van der Waals surface area (Å²) in [6.45, 7) is 2.54. The van der Waals surface area contributed by atoms with Crippen LogP contribution in [-0.4, -0.2) is 12.1 Å². The Morgan fingerprint density at radius 1 is 1.50 bits per heavy atom. The summed E-state index contributed by atoms with van der Waals surface area (Å²) >= 11 is 7.87. The molecule has 2 nitrogen and oxygen atoms in total. The van der Waals surface area contributed by atoms with E-state index < -0.39 is 0 Å². The van der Waals surface area contributed by atoms with Gasteiger partial charge in [0.05, 0.1) is 0 Å². The molecule has 18 heavy (non-hydrogen) atoms. The fraction of sp³-hybridized carbons (Fsp3) is 0.286. The maximum absolute atomic E-state index is 6.20. The Kier molecular flexibility index (Phi) is 2.85. The zero-order valence-electron chi connectivity index (χ0n) is 10.1. The maximum atomic E-state index is 6.20. The number of hydrogen-bond donors (Lipinski definition) is 1. The van der Waals surface area contributed by atoms with Crippen LogP contribution in [0.3, 0.4) is 0 Å². The van der Waals surface area contributed by atoms with E-state index in [4.69, 9.17) is 22.1 Å². The van der Waals surface area contributed by atoms with Crippen molar-refractivity contribution in [2.24, 2.45) is 5.73 Å². The zero-order chi connectivity index (χ0) is 12.8. The molecule has 0 spiro atoms. The number of halogens is 1. The Labute approximate surface area is 115 Å². The SMILES string of the molecule is CC1(CN)Cc2cc(Cl)cc(-c3ccsc3)c2O1. The van der Waals surface area contributed by atoms with Crippen LogP contribution in [0.4, 0.5) is 0 Å². The molecule has 1 aliphatic heterocycles. The molecule has 2 aromatic rings. The quantitative estimate of drug-likeness (QED) is 0.909. The fourth-order valence-electron chi connectivity index (χ4n) is 2.33. The second kappa shape index (κ2) is 4.26. The first-order valence-electron chi connectivity index (χ1n) is 5.85. The number of rotatable bonds is 2. The van der Waals surface area contributed by atoms with Crippen molar-refractivity contribution in [3.05, 3.63) is 39.5 Å². The number of thiophene rings is 1. The molecule has 0 aliphatic carbocycles. The molecule has 94 valence electrons. The first-order valence-corrected chi connectivity index (χ1v) is 7.17. The van der Waals surface area contributed by atoms with E-state index in [1.807, 2.05) is 19.1 Å². The van der Waals surface area contributed by atoms with Crippen molar-refractivity contribution in [3.63, 3.8) is 0 Å². The number of nitrogens with two attached hydrogens (primary N) is 1. The van der Waals surface area contributed by atoms with Gasteiger partial charge < -0.3 is 10.5 Å². The molecule has 1 aliphatic rings. The topological polar surface area (TPSA) is 35.2 Å². The molecule has 1 aromatic heterocycles. The van der Waals surface area contributed by atoms with Crippen LogP contribution < -0.4 is 10.5 Å². The van der Waals surface area contributed by atoms with E-state index >= 15 is 0 Å². The van der Waals surface area contributed by atoms with E-state index in [0.717, 1.165) is 33.9 Å². The molecule has 4 heteroatoms. The highest BCUT2D eigenvalue weighted by molar-refractivity contribution is 7.08. The third kappa shape index (κ3) is 1.92.